The standard InChI is InChI=1S/C15H26N2O2S/c1-4-10-16-11-9-14-5-7-15(8-6-14)20(18,19)17-12-13(2)3/h5-8,13,16-17H,4,9-12H2,1-3H3. The highest BCUT2D eigenvalue weighted by atomic mass is 32.2. The smallest absolute Gasteiger partial charge is 0.240 e. The summed E-state index contributed by atoms with van der Waals surface area (Å²) in [5.74, 6) is 0.300. The summed E-state index contributed by atoms with van der Waals surface area (Å²) >= 11 is 0. The molecule has 114 valence electrons. The Morgan fingerprint density at radius 2 is 1.75 bits per heavy atom. The van der Waals surface area contributed by atoms with Crippen LogP contribution in [0.3, 0.4) is 0 Å². The molecular formula is C15H26N2O2S. The summed E-state index contributed by atoms with van der Waals surface area (Å²) in [7, 11) is -3.37. The van der Waals surface area contributed by atoms with Gasteiger partial charge in [-0.2, -0.15) is 0 Å². The molecule has 0 heterocycles. The fourth-order valence-corrected chi connectivity index (χ4v) is 2.94. The zero-order chi connectivity index (χ0) is 15.0. The van der Waals surface area contributed by atoms with Crippen LogP contribution in [0.2, 0.25) is 0 Å². The van der Waals surface area contributed by atoms with E-state index in [2.05, 4.69) is 17.0 Å². The molecule has 2 N–H and O–H groups in total. The molecule has 0 aliphatic carbocycles. The predicted octanol–water partition coefficient (Wildman–Crippen LogP) is 2.16. The number of hydrogen-bond acceptors (Lipinski definition) is 3. The average Bonchev–Trinajstić information content (AvgIpc) is 2.42. The van der Waals surface area contributed by atoms with Crippen molar-refractivity contribution in [3.63, 3.8) is 0 Å². The van der Waals surface area contributed by atoms with Gasteiger partial charge < -0.3 is 5.32 Å². The van der Waals surface area contributed by atoms with Crippen LogP contribution in [0.25, 0.3) is 0 Å². The quantitative estimate of drug-likeness (QED) is 0.687. The van der Waals surface area contributed by atoms with Crippen molar-refractivity contribution in [2.45, 2.75) is 38.5 Å². The van der Waals surface area contributed by atoms with Gasteiger partial charge in [-0.25, -0.2) is 13.1 Å². The highest BCUT2D eigenvalue weighted by Crippen LogP contribution is 2.11. The summed E-state index contributed by atoms with van der Waals surface area (Å²) in [4.78, 5) is 0.336. The van der Waals surface area contributed by atoms with Crippen LogP contribution in [0.5, 0.6) is 0 Å². The van der Waals surface area contributed by atoms with Gasteiger partial charge >= 0.3 is 0 Å². The first kappa shape index (κ1) is 17.1. The molecule has 0 bridgehead atoms. The highest BCUT2D eigenvalue weighted by Gasteiger charge is 2.13. The molecule has 0 fully saturated rings. The topological polar surface area (TPSA) is 58.2 Å². The Balaban J connectivity index is 2.57. The van der Waals surface area contributed by atoms with Crippen molar-refractivity contribution in [2.75, 3.05) is 19.6 Å². The van der Waals surface area contributed by atoms with Crippen molar-refractivity contribution in [3.8, 4) is 0 Å². The van der Waals surface area contributed by atoms with E-state index < -0.39 is 10.0 Å². The normalized spacial score (nSPS) is 12.0. The maximum Gasteiger partial charge on any atom is 0.240 e. The minimum atomic E-state index is -3.37. The molecule has 0 aromatic heterocycles. The molecule has 0 atom stereocenters. The van der Waals surface area contributed by atoms with Gasteiger partial charge in [0.1, 0.15) is 0 Å². The van der Waals surface area contributed by atoms with Crippen molar-refractivity contribution in [1.82, 2.24) is 10.0 Å². The minimum absolute atomic E-state index is 0.300. The van der Waals surface area contributed by atoms with Gasteiger partial charge in [0.05, 0.1) is 4.90 Å². The average molecular weight is 298 g/mol. The lowest BCUT2D eigenvalue weighted by Crippen LogP contribution is -2.27. The highest BCUT2D eigenvalue weighted by molar-refractivity contribution is 7.89. The van der Waals surface area contributed by atoms with Crippen LogP contribution in [0.4, 0.5) is 0 Å². The maximum absolute atomic E-state index is 12.0. The summed E-state index contributed by atoms with van der Waals surface area (Å²) in [5, 5.41) is 3.33. The third kappa shape index (κ3) is 6.03. The van der Waals surface area contributed by atoms with E-state index in [1.807, 2.05) is 26.0 Å². The van der Waals surface area contributed by atoms with Crippen LogP contribution in [0.1, 0.15) is 32.8 Å². The second kappa shape index (κ2) is 8.39. The van der Waals surface area contributed by atoms with E-state index in [9.17, 15) is 8.42 Å². The number of nitrogens with one attached hydrogen (secondary N) is 2. The molecule has 1 rings (SSSR count). The van der Waals surface area contributed by atoms with E-state index in [1.54, 1.807) is 12.1 Å². The first-order chi connectivity index (χ1) is 9.45. The molecule has 0 saturated carbocycles. The zero-order valence-corrected chi connectivity index (χ0v) is 13.5. The van der Waals surface area contributed by atoms with E-state index >= 15 is 0 Å². The van der Waals surface area contributed by atoms with Crippen LogP contribution in [0.15, 0.2) is 29.2 Å². The van der Waals surface area contributed by atoms with Crippen molar-refractivity contribution in [3.05, 3.63) is 29.8 Å². The SMILES string of the molecule is CCCNCCc1ccc(S(=O)(=O)NCC(C)C)cc1. The summed E-state index contributed by atoms with van der Waals surface area (Å²) in [6, 6.07) is 7.13. The van der Waals surface area contributed by atoms with Crippen molar-refractivity contribution in [1.29, 1.82) is 0 Å². The maximum atomic E-state index is 12.0. The second-order valence-corrected chi connectivity index (χ2v) is 7.16. The van der Waals surface area contributed by atoms with Gasteiger partial charge in [0.25, 0.3) is 0 Å². The molecule has 20 heavy (non-hydrogen) atoms. The van der Waals surface area contributed by atoms with Gasteiger partial charge in [-0.15, -0.1) is 0 Å². The Hall–Kier alpha value is -0.910. The number of hydrogen-bond donors (Lipinski definition) is 2. The molecule has 1 aromatic rings. The number of sulfonamides is 1. The molecular weight excluding hydrogens is 272 g/mol. The fourth-order valence-electron chi connectivity index (χ4n) is 1.73. The molecule has 0 amide bonds. The Bertz CT molecular complexity index is 481. The summed E-state index contributed by atoms with van der Waals surface area (Å²) in [5.41, 5.74) is 1.15. The largest absolute Gasteiger partial charge is 0.316 e. The molecule has 0 aliphatic rings. The monoisotopic (exact) mass is 298 g/mol. The molecule has 0 saturated heterocycles. The van der Waals surface area contributed by atoms with Crippen LogP contribution >= 0.6 is 0 Å². The van der Waals surface area contributed by atoms with Crippen LogP contribution in [-0.4, -0.2) is 28.1 Å². The lowest BCUT2D eigenvalue weighted by molar-refractivity contribution is 0.560. The molecule has 0 radical (unpaired) electrons. The van der Waals surface area contributed by atoms with Gasteiger partial charge in [-0.05, 0) is 49.5 Å². The van der Waals surface area contributed by atoms with E-state index in [0.717, 1.165) is 31.5 Å². The molecule has 0 aliphatic heterocycles. The Morgan fingerprint density at radius 3 is 2.30 bits per heavy atom. The van der Waals surface area contributed by atoms with E-state index in [0.29, 0.717) is 17.4 Å². The third-order valence-corrected chi connectivity index (χ3v) is 4.37. The van der Waals surface area contributed by atoms with Crippen molar-refractivity contribution in [2.24, 2.45) is 5.92 Å². The third-order valence-electron chi connectivity index (χ3n) is 2.93. The first-order valence-electron chi connectivity index (χ1n) is 7.25. The predicted molar refractivity (Wildman–Crippen MR) is 83.3 cm³/mol. The van der Waals surface area contributed by atoms with Gasteiger partial charge in [-0.1, -0.05) is 32.9 Å². The van der Waals surface area contributed by atoms with Crippen molar-refractivity contribution >= 4 is 10.0 Å². The molecule has 0 spiro atoms. The Labute approximate surface area is 123 Å². The summed E-state index contributed by atoms with van der Waals surface area (Å²) < 4.78 is 26.7. The minimum Gasteiger partial charge on any atom is -0.316 e. The van der Waals surface area contributed by atoms with E-state index in [-0.39, 0.29) is 0 Å². The summed E-state index contributed by atoms with van der Waals surface area (Å²) in [6.45, 7) is 8.50. The Kier molecular flexibility index (Phi) is 7.19. The lowest BCUT2D eigenvalue weighted by atomic mass is 10.1. The zero-order valence-electron chi connectivity index (χ0n) is 12.6. The van der Waals surface area contributed by atoms with E-state index in [4.69, 9.17) is 0 Å². The number of rotatable bonds is 9. The number of benzene rings is 1. The van der Waals surface area contributed by atoms with Crippen LogP contribution in [-0.2, 0) is 16.4 Å². The van der Waals surface area contributed by atoms with Gasteiger partial charge in [-0.3, -0.25) is 0 Å². The fraction of sp³-hybridized carbons (Fsp3) is 0.600. The second-order valence-electron chi connectivity index (χ2n) is 5.39. The van der Waals surface area contributed by atoms with Crippen LogP contribution < -0.4 is 10.0 Å². The van der Waals surface area contributed by atoms with Crippen molar-refractivity contribution < 1.29 is 8.42 Å². The lowest BCUT2D eigenvalue weighted by Gasteiger charge is -2.09. The Morgan fingerprint density at radius 1 is 1.10 bits per heavy atom. The first-order valence-corrected chi connectivity index (χ1v) is 8.73. The molecule has 0 unspecified atom stereocenters. The molecule has 5 heteroatoms. The van der Waals surface area contributed by atoms with Gasteiger partial charge in [0.15, 0.2) is 0 Å². The summed E-state index contributed by atoms with van der Waals surface area (Å²) in [6.07, 6.45) is 2.04. The van der Waals surface area contributed by atoms with Gasteiger partial charge in [0, 0.05) is 6.54 Å². The van der Waals surface area contributed by atoms with Gasteiger partial charge in [0.2, 0.25) is 10.0 Å². The van der Waals surface area contributed by atoms with E-state index in [1.165, 1.54) is 0 Å². The molecule has 1 aromatic carbocycles. The molecule has 4 nitrogen and oxygen atoms in total. The van der Waals surface area contributed by atoms with Crippen LogP contribution in [0, 0.1) is 5.92 Å².